The second-order valence-corrected chi connectivity index (χ2v) is 6.44. The lowest BCUT2D eigenvalue weighted by Gasteiger charge is -2.08. The summed E-state index contributed by atoms with van der Waals surface area (Å²) in [4.78, 5) is 13.2. The summed E-state index contributed by atoms with van der Waals surface area (Å²) in [5.41, 5.74) is -0.377. The van der Waals surface area contributed by atoms with Crippen molar-refractivity contribution in [3.8, 4) is 10.6 Å². The van der Waals surface area contributed by atoms with Gasteiger partial charge in [-0.3, -0.25) is 0 Å². The van der Waals surface area contributed by atoms with Gasteiger partial charge in [-0.2, -0.15) is 13.2 Å². The average Bonchev–Trinajstić information content (AvgIpc) is 3.03. The monoisotopic (exact) mass is 383 g/mol. The smallest absolute Gasteiger partial charge is 0.354 e. The number of nitrogens with zero attached hydrogens (tertiary/aromatic N) is 4. The topological polar surface area (TPSA) is 53.9 Å². The molecule has 1 aromatic carbocycles. The number of aromatic nitrogens is 3. The fraction of sp³-hybridized carbons (Fsp3) is 0.188. The highest BCUT2D eigenvalue weighted by Crippen LogP contribution is 2.42. The van der Waals surface area contributed by atoms with Crippen LogP contribution in [0.1, 0.15) is 5.69 Å². The zero-order valence-corrected chi connectivity index (χ0v) is 14.5. The minimum absolute atomic E-state index is 0.0919. The Morgan fingerprint density at radius 1 is 1.04 bits per heavy atom. The first-order valence-electron chi connectivity index (χ1n) is 7.35. The summed E-state index contributed by atoms with van der Waals surface area (Å²) in [6.07, 6.45) is -3.25. The van der Waals surface area contributed by atoms with Crippen LogP contribution in [-0.4, -0.2) is 29.0 Å². The van der Waals surface area contributed by atoms with Crippen molar-refractivity contribution in [3.63, 3.8) is 0 Å². The molecule has 0 saturated carbocycles. The number of nitrogens with one attached hydrogen (secondary N) is 1. The van der Waals surface area contributed by atoms with Crippen molar-refractivity contribution in [2.24, 2.45) is 0 Å². The maximum absolute atomic E-state index is 13.3. The van der Waals surface area contributed by atoms with Gasteiger partial charge in [0, 0.05) is 26.0 Å². The van der Waals surface area contributed by atoms with Crippen molar-refractivity contribution in [2.45, 2.75) is 6.18 Å². The fourth-order valence-corrected chi connectivity index (χ4v) is 3.05. The van der Waals surface area contributed by atoms with Crippen LogP contribution in [0, 0.1) is 5.82 Å². The molecule has 0 spiro atoms. The third-order valence-corrected chi connectivity index (χ3v) is 4.50. The van der Waals surface area contributed by atoms with E-state index < -0.39 is 17.7 Å². The predicted molar refractivity (Wildman–Crippen MR) is 92.2 cm³/mol. The molecule has 136 valence electrons. The molecular weight excluding hydrogens is 370 g/mol. The lowest BCUT2D eigenvalue weighted by molar-refractivity contribution is -0.140. The van der Waals surface area contributed by atoms with E-state index in [1.54, 1.807) is 14.1 Å². The third kappa shape index (κ3) is 3.90. The number of thiazole rings is 1. The molecule has 10 heteroatoms. The highest BCUT2D eigenvalue weighted by atomic mass is 32.1. The molecule has 0 bridgehead atoms. The van der Waals surface area contributed by atoms with E-state index in [-0.39, 0.29) is 21.7 Å². The number of hydrogen-bond acceptors (Lipinski definition) is 6. The van der Waals surface area contributed by atoms with Gasteiger partial charge >= 0.3 is 6.18 Å². The van der Waals surface area contributed by atoms with Crippen LogP contribution >= 0.6 is 11.3 Å². The Morgan fingerprint density at radius 3 is 2.35 bits per heavy atom. The number of rotatable bonds is 4. The second-order valence-electron chi connectivity index (χ2n) is 5.46. The van der Waals surface area contributed by atoms with Gasteiger partial charge in [0.1, 0.15) is 5.82 Å². The van der Waals surface area contributed by atoms with Gasteiger partial charge in [-0.1, -0.05) is 11.3 Å². The quantitative estimate of drug-likeness (QED) is 0.669. The van der Waals surface area contributed by atoms with Gasteiger partial charge in [-0.15, -0.1) is 0 Å². The van der Waals surface area contributed by atoms with Gasteiger partial charge in [-0.25, -0.2) is 19.3 Å². The standard InChI is InChI=1S/C16H13F4N5S/c1-25(2)15-24-13(16(18,19)20)12(26-15)11-7-8-21-14(23-11)22-10-5-3-9(17)4-6-10/h3-8H,1-2H3,(H,21,22,23). The van der Waals surface area contributed by atoms with E-state index in [4.69, 9.17) is 0 Å². The van der Waals surface area contributed by atoms with Crippen LogP contribution in [-0.2, 0) is 6.18 Å². The zero-order chi connectivity index (χ0) is 18.9. The predicted octanol–water partition coefficient (Wildman–Crippen LogP) is 4.57. The molecule has 2 heterocycles. The van der Waals surface area contributed by atoms with Gasteiger partial charge < -0.3 is 10.2 Å². The summed E-state index contributed by atoms with van der Waals surface area (Å²) in [5, 5.41) is 3.05. The number of halogens is 4. The summed E-state index contributed by atoms with van der Waals surface area (Å²) in [5.74, 6) is -0.303. The highest BCUT2D eigenvalue weighted by Gasteiger charge is 2.38. The molecule has 3 rings (SSSR count). The van der Waals surface area contributed by atoms with Crippen molar-refractivity contribution >= 4 is 28.1 Å². The molecule has 0 fully saturated rings. The minimum atomic E-state index is -4.60. The van der Waals surface area contributed by atoms with E-state index in [0.717, 1.165) is 11.3 Å². The molecule has 1 N–H and O–H groups in total. The maximum atomic E-state index is 13.3. The van der Waals surface area contributed by atoms with Gasteiger partial charge in [0.15, 0.2) is 10.8 Å². The van der Waals surface area contributed by atoms with Crippen LogP contribution in [0.4, 0.5) is 34.3 Å². The summed E-state index contributed by atoms with van der Waals surface area (Å²) in [6, 6.07) is 6.84. The maximum Gasteiger partial charge on any atom is 0.434 e. The van der Waals surface area contributed by atoms with E-state index in [9.17, 15) is 17.6 Å². The Morgan fingerprint density at radius 2 is 1.73 bits per heavy atom. The molecule has 0 amide bonds. The van der Waals surface area contributed by atoms with Gasteiger partial charge in [-0.05, 0) is 30.3 Å². The van der Waals surface area contributed by atoms with Crippen molar-refractivity contribution < 1.29 is 17.6 Å². The fourth-order valence-electron chi connectivity index (χ4n) is 2.07. The van der Waals surface area contributed by atoms with Crippen LogP contribution in [0.3, 0.4) is 0 Å². The van der Waals surface area contributed by atoms with E-state index in [2.05, 4.69) is 20.3 Å². The van der Waals surface area contributed by atoms with Crippen molar-refractivity contribution in [1.82, 2.24) is 15.0 Å². The van der Waals surface area contributed by atoms with E-state index in [0.29, 0.717) is 5.69 Å². The molecule has 0 aliphatic carbocycles. The largest absolute Gasteiger partial charge is 0.434 e. The molecule has 5 nitrogen and oxygen atoms in total. The van der Waals surface area contributed by atoms with Gasteiger partial charge in [0.05, 0.1) is 10.6 Å². The first-order chi connectivity index (χ1) is 12.2. The molecule has 0 saturated heterocycles. The Bertz CT molecular complexity index is 906. The van der Waals surface area contributed by atoms with E-state index >= 15 is 0 Å². The minimum Gasteiger partial charge on any atom is -0.354 e. The highest BCUT2D eigenvalue weighted by molar-refractivity contribution is 7.19. The Hall–Kier alpha value is -2.75. The van der Waals surface area contributed by atoms with Crippen LogP contribution < -0.4 is 10.2 Å². The Kier molecular flexibility index (Phi) is 4.77. The normalized spacial score (nSPS) is 11.5. The van der Waals surface area contributed by atoms with Crippen LogP contribution in [0.25, 0.3) is 10.6 Å². The van der Waals surface area contributed by atoms with Crippen LogP contribution in [0.15, 0.2) is 36.5 Å². The van der Waals surface area contributed by atoms with Gasteiger partial charge in [0.25, 0.3) is 0 Å². The first-order valence-corrected chi connectivity index (χ1v) is 8.17. The molecule has 0 atom stereocenters. The lowest BCUT2D eigenvalue weighted by atomic mass is 10.2. The zero-order valence-electron chi connectivity index (χ0n) is 13.7. The van der Waals surface area contributed by atoms with Crippen molar-refractivity contribution in [1.29, 1.82) is 0 Å². The first kappa shape index (κ1) is 18.1. The molecule has 0 radical (unpaired) electrons. The molecule has 3 aromatic rings. The average molecular weight is 383 g/mol. The van der Waals surface area contributed by atoms with Crippen molar-refractivity contribution in [3.05, 3.63) is 48.0 Å². The summed E-state index contributed by atoms with van der Waals surface area (Å²) in [6.45, 7) is 0. The number of hydrogen-bond donors (Lipinski definition) is 1. The van der Waals surface area contributed by atoms with Gasteiger partial charge in [0.2, 0.25) is 5.95 Å². The number of alkyl halides is 3. The molecular formula is C16H13F4N5S. The second kappa shape index (κ2) is 6.87. The molecule has 0 aliphatic rings. The number of anilines is 3. The summed E-state index contributed by atoms with van der Waals surface area (Å²) >= 11 is 0.892. The SMILES string of the molecule is CN(C)c1nc(C(F)(F)F)c(-c2ccnc(Nc3ccc(F)cc3)n2)s1. The molecule has 2 aromatic heterocycles. The number of benzene rings is 1. The van der Waals surface area contributed by atoms with Crippen LogP contribution in [0.5, 0.6) is 0 Å². The molecule has 0 unspecified atom stereocenters. The lowest BCUT2D eigenvalue weighted by Crippen LogP contribution is -2.11. The Balaban J connectivity index is 1.98. The van der Waals surface area contributed by atoms with Crippen molar-refractivity contribution in [2.75, 3.05) is 24.3 Å². The summed E-state index contributed by atoms with van der Waals surface area (Å²) < 4.78 is 52.9. The molecule has 0 aliphatic heterocycles. The Labute approximate surface area is 150 Å². The molecule has 26 heavy (non-hydrogen) atoms. The van der Waals surface area contributed by atoms with E-state index in [1.165, 1.54) is 41.4 Å². The van der Waals surface area contributed by atoms with Crippen LogP contribution in [0.2, 0.25) is 0 Å². The third-order valence-electron chi connectivity index (χ3n) is 3.26. The summed E-state index contributed by atoms with van der Waals surface area (Å²) in [7, 11) is 3.23. The van der Waals surface area contributed by atoms with E-state index in [1.807, 2.05) is 0 Å².